The molecule has 0 aliphatic carbocycles. The lowest BCUT2D eigenvalue weighted by Gasteiger charge is -2.33. The minimum Gasteiger partial charge on any atom is -0.493 e. The summed E-state index contributed by atoms with van der Waals surface area (Å²) in [7, 11) is 1.31. The molecule has 0 saturated carbocycles. The van der Waals surface area contributed by atoms with E-state index < -0.39 is 5.97 Å². The molecule has 3 aromatic rings. The first-order valence-corrected chi connectivity index (χ1v) is 13.7. The summed E-state index contributed by atoms with van der Waals surface area (Å²) in [6.45, 7) is 7.69. The Morgan fingerprint density at radius 3 is 2.40 bits per heavy atom. The number of carbonyl (C=O) groups is 2. The van der Waals surface area contributed by atoms with Crippen molar-refractivity contribution in [3.05, 3.63) is 76.9 Å². The number of fused-ring (bicyclic) bond motifs is 1. The molecule has 3 heterocycles. The van der Waals surface area contributed by atoms with Crippen molar-refractivity contribution < 1.29 is 28.2 Å². The highest BCUT2D eigenvalue weighted by Crippen LogP contribution is 2.40. The zero-order valence-electron chi connectivity index (χ0n) is 23.1. The van der Waals surface area contributed by atoms with Crippen molar-refractivity contribution in [3.63, 3.8) is 0 Å². The quantitative estimate of drug-likeness (QED) is 0.358. The Balaban J connectivity index is 1.34. The van der Waals surface area contributed by atoms with E-state index in [1.54, 1.807) is 18.2 Å². The summed E-state index contributed by atoms with van der Waals surface area (Å²) in [5.74, 6) is 0.503. The van der Waals surface area contributed by atoms with Gasteiger partial charge in [-0.1, -0.05) is 12.1 Å². The number of hydrogen-bond acceptors (Lipinski definition) is 7. The van der Waals surface area contributed by atoms with E-state index in [1.165, 1.54) is 25.4 Å². The number of rotatable bonds is 9. The molecule has 9 heteroatoms. The van der Waals surface area contributed by atoms with Crippen LogP contribution in [0.15, 0.2) is 48.7 Å². The number of aromatic nitrogens is 1. The van der Waals surface area contributed by atoms with Crippen LogP contribution in [0.3, 0.4) is 0 Å². The predicted octanol–water partition coefficient (Wildman–Crippen LogP) is 4.74. The molecule has 0 N–H and O–H groups in total. The molecule has 5 rings (SSSR count). The van der Waals surface area contributed by atoms with Gasteiger partial charge in [0.15, 0.2) is 0 Å². The third-order valence-corrected chi connectivity index (χ3v) is 7.42. The molecule has 2 aliphatic rings. The van der Waals surface area contributed by atoms with Gasteiger partial charge in [-0.15, -0.1) is 0 Å². The monoisotopic (exact) mass is 547 g/mol. The second-order valence-electron chi connectivity index (χ2n) is 9.98. The van der Waals surface area contributed by atoms with Gasteiger partial charge in [-0.3, -0.25) is 14.7 Å². The molecule has 2 aliphatic heterocycles. The molecule has 1 fully saturated rings. The Labute approximate surface area is 233 Å². The number of benzene rings is 2. The van der Waals surface area contributed by atoms with Gasteiger partial charge in [-0.25, -0.2) is 9.18 Å². The predicted molar refractivity (Wildman–Crippen MR) is 148 cm³/mol. The highest BCUT2D eigenvalue weighted by molar-refractivity contribution is 5.99. The maximum Gasteiger partial charge on any atom is 0.339 e. The van der Waals surface area contributed by atoms with Crippen LogP contribution < -0.4 is 9.47 Å². The molecule has 0 spiro atoms. The number of halogens is 1. The second-order valence-corrected chi connectivity index (χ2v) is 9.98. The van der Waals surface area contributed by atoms with Gasteiger partial charge in [-0.05, 0) is 61.7 Å². The normalized spacial score (nSPS) is 17.1. The molecule has 0 radical (unpaired) electrons. The number of carbonyl (C=O) groups excluding carboxylic acids is 2. The van der Waals surface area contributed by atoms with Crippen LogP contribution in [0, 0.1) is 5.82 Å². The van der Waals surface area contributed by atoms with E-state index in [-0.39, 0.29) is 23.3 Å². The number of likely N-dealkylation sites (tertiary alicyclic amines) is 1. The molecule has 0 bridgehead atoms. The number of ether oxygens (including phenoxy) is 3. The average Bonchev–Trinajstić information content (AvgIpc) is 3.42. The van der Waals surface area contributed by atoms with E-state index in [1.807, 2.05) is 30.9 Å². The summed E-state index contributed by atoms with van der Waals surface area (Å²) < 4.78 is 30.5. The third-order valence-electron chi connectivity index (χ3n) is 7.42. The maximum atomic E-state index is 13.6. The highest BCUT2D eigenvalue weighted by atomic mass is 19.1. The Bertz CT molecular complexity index is 1370. The van der Waals surface area contributed by atoms with E-state index in [9.17, 15) is 14.0 Å². The molecule has 1 saturated heterocycles. The highest BCUT2D eigenvalue weighted by Gasteiger charge is 2.35. The van der Waals surface area contributed by atoms with Crippen LogP contribution in [0.4, 0.5) is 4.39 Å². The lowest BCUT2D eigenvalue weighted by atomic mass is 10.0. The first-order valence-electron chi connectivity index (χ1n) is 13.7. The maximum absolute atomic E-state index is 13.6. The first-order chi connectivity index (χ1) is 19.4. The Morgan fingerprint density at radius 1 is 1.05 bits per heavy atom. The van der Waals surface area contributed by atoms with Crippen LogP contribution in [0.2, 0.25) is 0 Å². The zero-order chi connectivity index (χ0) is 28.2. The first kappa shape index (κ1) is 27.6. The number of esters is 1. The molecular formula is C31H34FN3O5. The molecule has 1 aromatic heterocycles. The molecule has 1 unspecified atom stereocenters. The smallest absolute Gasteiger partial charge is 0.339 e. The fourth-order valence-electron chi connectivity index (χ4n) is 5.58. The van der Waals surface area contributed by atoms with Crippen molar-refractivity contribution in [2.75, 3.05) is 40.0 Å². The van der Waals surface area contributed by atoms with Gasteiger partial charge in [0.25, 0.3) is 5.91 Å². The lowest BCUT2D eigenvalue weighted by Crippen LogP contribution is -2.46. The van der Waals surface area contributed by atoms with Gasteiger partial charge in [0.1, 0.15) is 17.3 Å². The third kappa shape index (κ3) is 5.65. The molecule has 210 valence electrons. The number of hydrogen-bond donors (Lipinski definition) is 0. The van der Waals surface area contributed by atoms with E-state index >= 15 is 0 Å². The van der Waals surface area contributed by atoms with Crippen LogP contribution >= 0.6 is 0 Å². The van der Waals surface area contributed by atoms with E-state index in [0.717, 1.165) is 41.9 Å². The summed E-state index contributed by atoms with van der Waals surface area (Å²) in [4.78, 5) is 34.0. The van der Waals surface area contributed by atoms with Crippen molar-refractivity contribution in [2.45, 2.75) is 39.3 Å². The van der Waals surface area contributed by atoms with E-state index in [4.69, 9.17) is 14.2 Å². The molecule has 1 amide bonds. The summed E-state index contributed by atoms with van der Waals surface area (Å²) in [6, 6.07) is 12.1. The van der Waals surface area contributed by atoms with Gasteiger partial charge in [0.2, 0.25) is 0 Å². The average molecular weight is 548 g/mol. The second kappa shape index (κ2) is 12.0. The fraction of sp³-hybridized carbons (Fsp3) is 0.387. The minimum atomic E-state index is -0.504. The van der Waals surface area contributed by atoms with Gasteiger partial charge >= 0.3 is 5.97 Å². The van der Waals surface area contributed by atoms with Crippen LogP contribution in [-0.2, 0) is 17.7 Å². The largest absolute Gasteiger partial charge is 0.493 e. The standard InChI is InChI=1S/C31H34FN3O5/c1-4-39-27-14-20(15-28(40-5-2)29(27)21-6-8-23(32)9-7-21)18-34-12-10-24(19-34)35-13-11-26-25(30(35)36)16-22(17-33-26)31(37)38-3/h6-9,14-17,24H,4-5,10-13,18-19H2,1-3H3. The van der Waals surface area contributed by atoms with E-state index in [2.05, 4.69) is 9.88 Å². The molecular weight excluding hydrogens is 513 g/mol. The number of nitrogens with zero attached hydrogens (tertiary/aromatic N) is 3. The van der Waals surface area contributed by atoms with Crippen LogP contribution in [0.5, 0.6) is 11.5 Å². The van der Waals surface area contributed by atoms with Crippen molar-refractivity contribution in [3.8, 4) is 22.6 Å². The summed E-state index contributed by atoms with van der Waals surface area (Å²) in [5.41, 5.74) is 4.16. The molecule has 2 aromatic carbocycles. The minimum absolute atomic E-state index is 0.0682. The van der Waals surface area contributed by atoms with Crippen LogP contribution in [0.25, 0.3) is 11.1 Å². The Kier molecular flexibility index (Phi) is 8.30. The summed E-state index contributed by atoms with van der Waals surface area (Å²) in [6.07, 6.45) is 2.98. The van der Waals surface area contributed by atoms with Gasteiger partial charge in [-0.2, -0.15) is 0 Å². The van der Waals surface area contributed by atoms with Crippen LogP contribution in [0.1, 0.15) is 52.2 Å². The van der Waals surface area contributed by atoms with Crippen molar-refractivity contribution in [1.29, 1.82) is 0 Å². The number of methoxy groups -OCH3 is 1. The van der Waals surface area contributed by atoms with Gasteiger partial charge in [0.05, 0.1) is 42.7 Å². The number of amides is 1. The summed E-state index contributed by atoms with van der Waals surface area (Å²) in [5, 5.41) is 0. The lowest BCUT2D eigenvalue weighted by molar-refractivity contribution is 0.0600. The molecule has 8 nitrogen and oxygen atoms in total. The molecule has 40 heavy (non-hydrogen) atoms. The SMILES string of the molecule is CCOc1cc(CN2CCC(N3CCc4ncc(C(=O)OC)cc4C3=O)C2)cc(OCC)c1-c1ccc(F)cc1. The van der Waals surface area contributed by atoms with Gasteiger partial charge < -0.3 is 19.1 Å². The summed E-state index contributed by atoms with van der Waals surface area (Å²) >= 11 is 0. The van der Waals surface area contributed by atoms with Crippen molar-refractivity contribution in [1.82, 2.24) is 14.8 Å². The fourth-order valence-corrected chi connectivity index (χ4v) is 5.58. The Morgan fingerprint density at radius 2 is 1.75 bits per heavy atom. The van der Waals surface area contributed by atoms with Crippen molar-refractivity contribution >= 4 is 11.9 Å². The molecule has 1 atom stereocenters. The van der Waals surface area contributed by atoms with E-state index in [0.29, 0.717) is 49.8 Å². The van der Waals surface area contributed by atoms with Crippen LogP contribution in [-0.4, -0.2) is 72.7 Å². The number of pyridine rings is 1. The topological polar surface area (TPSA) is 81.2 Å². The van der Waals surface area contributed by atoms with Gasteiger partial charge in [0, 0.05) is 44.8 Å². The zero-order valence-corrected chi connectivity index (χ0v) is 23.1. The Hall–Kier alpha value is -3.98. The van der Waals surface area contributed by atoms with Crippen molar-refractivity contribution in [2.24, 2.45) is 0 Å².